The number of methoxy groups -OCH3 is 1. The largest absolute Gasteiger partial charge is 0.497 e. The zero-order valence-electron chi connectivity index (χ0n) is 10.2. The number of ether oxygens (including phenoxy) is 2. The molecule has 2 atom stereocenters. The molecule has 2 aliphatic rings. The van der Waals surface area contributed by atoms with E-state index in [0.29, 0.717) is 12.0 Å². The fourth-order valence-electron chi connectivity index (χ4n) is 2.79. The molecule has 94 valence electrons. The Morgan fingerprint density at radius 1 is 1.35 bits per heavy atom. The maximum Gasteiger partial charge on any atom is 0.119 e. The Morgan fingerprint density at radius 3 is 2.94 bits per heavy atom. The molecule has 0 spiro atoms. The van der Waals surface area contributed by atoms with Gasteiger partial charge in [0.2, 0.25) is 0 Å². The van der Waals surface area contributed by atoms with Crippen LogP contribution in [0.3, 0.4) is 0 Å². The zero-order valence-corrected chi connectivity index (χ0v) is 11.0. The molecule has 0 saturated carbocycles. The molecule has 2 aliphatic heterocycles. The molecule has 1 saturated heterocycles. The molecule has 3 nitrogen and oxygen atoms in total. The van der Waals surface area contributed by atoms with Gasteiger partial charge in [0.05, 0.1) is 19.8 Å². The molecule has 1 N–H and O–H groups in total. The normalized spacial score (nSPS) is 25.8. The molecule has 0 bridgehead atoms. The minimum atomic E-state index is 0. The first kappa shape index (κ1) is 12.7. The molecule has 0 aromatic heterocycles. The Bertz CT molecular complexity index is 422. The summed E-state index contributed by atoms with van der Waals surface area (Å²) in [5.74, 6) is 1.46. The lowest BCUT2D eigenvalue weighted by molar-refractivity contribution is 0.0295. The summed E-state index contributed by atoms with van der Waals surface area (Å²) in [5, 5.41) is 3.40. The van der Waals surface area contributed by atoms with E-state index in [4.69, 9.17) is 9.47 Å². The van der Waals surface area contributed by atoms with Crippen molar-refractivity contribution in [3.8, 4) is 5.75 Å². The molecule has 1 aromatic rings. The Hall–Kier alpha value is -0.770. The van der Waals surface area contributed by atoms with E-state index < -0.39 is 0 Å². The lowest BCUT2D eigenvalue weighted by Crippen LogP contribution is -2.27. The SMILES string of the molecule is COc1cc(C)c2c(c1)[C@H]1CNC[C@@H]1OC2.Cl. The van der Waals surface area contributed by atoms with Crippen molar-refractivity contribution in [2.45, 2.75) is 25.6 Å². The fraction of sp³-hybridized carbons (Fsp3) is 0.538. The van der Waals surface area contributed by atoms with Crippen LogP contribution in [0.15, 0.2) is 12.1 Å². The number of halogens is 1. The number of hydrogen-bond acceptors (Lipinski definition) is 3. The van der Waals surface area contributed by atoms with Gasteiger partial charge in [-0.15, -0.1) is 12.4 Å². The van der Waals surface area contributed by atoms with Crippen molar-refractivity contribution in [1.29, 1.82) is 0 Å². The van der Waals surface area contributed by atoms with Gasteiger partial charge in [-0.2, -0.15) is 0 Å². The third kappa shape index (κ3) is 2.03. The molecule has 3 rings (SSSR count). The van der Waals surface area contributed by atoms with Crippen LogP contribution >= 0.6 is 12.4 Å². The van der Waals surface area contributed by atoms with Crippen LogP contribution in [0.2, 0.25) is 0 Å². The first-order valence-corrected chi connectivity index (χ1v) is 5.79. The van der Waals surface area contributed by atoms with Gasteiger partial charge in [-0.3, -0.25) is 0 Å². The van der Waals surface area contributed by atoms with E-state index in [1.54, 1.807) is 7.11 Å². The molecule has 4 heteroatoms. The monoisotopic (exact) mass is 255 g/mol. The minimum absolute atomic E-state index is 0. The highest BCUT2D eigenvalue weighted by Crippen LogP contribution is 2.37. The van der Waals surface area contributed by atoms with E-state index in [2.05, 4.69) is 24.4 Å². The highest BCUT2D eigenvalue weighted by molar-refractivity contribution is 5.85. The van der Waals surface area contributed by atoms with E-state index in [-0.39, 0.29) is 12.4 Å². The number of nitrogens with one attached hydrogen (secondary N) is 1. The van der Waals surface area contributed by atoms with E-state index in [0.717, 1.165) is 25.4 Å². The predicted octanol–water partition coefficient (Wildman–Crippen LogP) is 2.01. The second-order valence-corrected chi connectivity index (χ2v) is 4.63. The van der Waals surface area contributed by atoms with Crippen LogP contribution in [0.25, 0.3) is 0 Å². The Labute approximate surface area is 108 Å². The third-order valence-corrected chi connectivity index (χ3v) is 3.72. The number of fused-ring (bicyclic) bond motifs is 3. The first-order chi connectivity index (χ1) is 7.79. The third-order valence-electron chi connectivity index (χ3n) is 3.72. The van der Waals surface area contributed by atoms with Crippen LogP contribution in [0.4, 0.5) is 0 Å². The van der Waals surface area contributed by atoms with Crippen LogP contribution in [0, 0.1) is 6.92 Å². The second kappa shape index (κ2) is 4.84. The molecule has 0 amide bonds. The van der Waals surface area contributed by atoms with Crippen molar-refractivity contribution >= 4 is 12.4 Å². The van der Waals surface area contributed by atoms with Gasteiger partial charge in [-0.25, -0.2) is 0 Å². The lowest BCUT2D eigenvalue weighted by atomic mass is 9.87. The number of hydrogen-bond donors (Lipinski definition) is 1. The molecule has 1 aromatic carbocycles. The molecular weight excluding hydrogens is 238 g/mol. The topological polar surface area (TPSA) is 30.5 Å². The van der Waals surface area contributed by atoms with Crippen LogP contribution in [-0.2, 0) is 11.3 Å². The first-order valence-electron chi connectivity index (χ1n) is 5.79. The van der Waals surface area contributed by atoms with Gasteiger partial charge in [0, 0.05) is 19.0 Å². The van der Waals surface area contributed by atoms with Crippen LogP contribution in [-0.4, -0.2) is 26.3 Å². The van der Waals surface area contributed by atoms with E-state index >= 15 is 0 Å². The van der Waals surface area contributed by atoms with Gasteiger partial charge in [-0.1, -0.05) is 0 Å². The highest BCUT2D eigenvalue weighted by Gasteiger charge is 2.35. The van der Waals surface area contributed by atoms with Crippen LogP contribution in [0.5, 0.6) is 5.75 Å². The molecular formula is C13H18ClNO2. The second-order valence-electron chi connectivity index (χ2n) is 4.63. The quantitative estimate of drug-likeness (QED) is 0.833. The highest BCUT2D eigenvalue weighted by atomic mass is 35.5. The van der Waals surface area contributed by atoms with Crippen molar-refractivity contribution in [2.75, 3.05) is 20.2 Å². The van der Waals surface area contributed by atoms with Crippen molar-refractivity contribution in [3.05, 3.63) is 28.8 Å². The molecule has 2 heterocycles. The zero-order chi connectivity index (χ0) is 11.1. The molecule has 0 radical (unpaired) electrons. The predicted molar refractivity (Wildman–Crippen MR) is 69.2 cm³/mol. The van der Waals surface area contributed by atoms with Gasteiger partial charge >= 0.3 is 0 Å². The molecule has 1 fully saturated rings. The van der Waals surface area contributed by atoms with Gasteiger partial charge in [0.15, 0.2) is 0 Å². The number of rotatable bonds is 1. The number of benzene rings is 1. The van der Waals surface area contributed by atoms with Crippen molar-refractivity contribution in [3.63, 3.8) is 0 Å². The molecule has 17 heavy (non-hydrogen) atoms. The standard InChI is InChI=1S/C13H17NO2.ClH/c1-8-3-9(15-2)4-10-11-5-14-6-13(11)16-7-12(8)10;/h3-4,11,13-14H,5-7H2,1-2H3;1H/t11-,13+;/m1./s1. The summed E-state index contributed by atoms with van der Waals surface area (Å²) in [6.07, 6.45) is 0.346. The van der Waals surface area contributed by atoms with Gasteiger partial charge in [0.25, 0.3) is 0 Å². The molecule has 0 aliphatic carbocycles. The summed E-state index contributed by atoms with van der Waals surface area (Å²) in [6, 6.07) is 4.26. The summed E-state index contributed by atoms with van der Waals surface area (Å²) in [6.45, 7) is 4.87. The summed E-state index contributed by atoms with van der Waals surface area (Å²) >= 11 is 0. The van der Waals surface area contributed by atoms with Crippen molar-refractivity contribution in [1.82, 2.24) is 5.32 Å². The Morgan fingerprint density at radius 2 is 2.18 bits per heavy atom. The van der Waals surface area contributed by atoms with E-state index in [1.807, 2.05) is 0 Å². The average Bonchev–Trinajstić information content (AvgIpc) is 2.77. The van der Waals surface area contributed by atoms with Crippen LogP contribution in [0.1, 0.15) is 22.6 Å². The maximum atomic E-state index is 5.88. The maximum absolute atomic E-state index is 5.88. The van der Waals surface area contributed by atoms with Gasteiger partial charge < -0.3 is 14.8 Å². The summed E-state index contributed by atoms with van der Waals surface area (Å²) < 4.78 is 11.2. The Balaban J connectivity index is 0.00000108. The fourth-order valence-corrected chi connectivity index (χ4v) is 2.79. The summed E-state index contributed by atoms with van der Waals surface area (Å²) in [7, 11) is 1.73. The lowest BCUT2D eigenvalue weighted by Gasteiger charge is -2.29. The van der Waals surface area contributed by atoms with Crippen molar-refractivity contribution in [2.24, 2.45) is 0 Å². The van der Waals surface area contributed by atoms with Gasteiger partial charge in [0.1, 0.15) is 5.75 Å². The minimum Gasteiger partial charge on any atom is -0.497 e. The molecule has 0 unspecified atom stereocenters. The average molecular weight is 256 g/mol. The van der Waals surface area contributed by atoms with Gasteiger partial charge in [-0.05, 0) is 35.7 Å². The van der Waals surface area contributed by atoms with Crippen molar-refractivity contribution < 1.29 is 9.47 Å². The number of aryl methyl sites for hydroxylation is 1. The van der Waals surface area contributed by atoms with E-state index in [9.17, 15) is 0 Å². The smallest absolute Gasteiger partial charge is 0.119 e. The Kier molecular flexibility index (Phi) is 3.61. The summed E-state index contributed by atoms with van der Waals surface area (Å²) in [5.41, 5.74) is 4.04. The summed E-state index contributed by atoms with van der Waals surface area (Å²) in [4.78, 5) is 0. The van der Waals surface area contributed by atoms with Crippen LogP contribution < -0.4 is 10.1 Å². The van der Waals surface area contributed by atoms with E-state index in [1.165, 1.54) is 16.7 Å².